The van der Waals surface area contributed by atoms with Crippen LogP contribution in [0.15, 0.2) is 42.5 Å². The Morgan fingerprint density at radius 2 is 2.00 bits per heavy atom. The fourth-order valence-corrected chi connectivity index (χ4v) is 4.32. The molecule has 3 nitrogen and oxygen atoms in total. The SMILES string of the molecule is O=C(NC1CN2CC[C@H]1C2)c1ccc(-c2ccccc2)s1. The van der Waals surface area contributed by atoms with Crippen LogP contribution in [0.25, 0.3) is 10.4 Å². The Labute approximate surface area is 128 Å². The van der Waals surface area contributed by atoms with Crippen LogP contribution in [0.4, 0.5) is 0 Å². The summed E-state index contributed by atoms with van der Waals surface area (Å²) in [6, 6.07) is 14.5. The number of rotatable bonds is 3. The number of nitrogens with zero attached hydrogens (tertiary/aromatic N) is 1. The molecule has 3 heterocycles. The van der Waals surface area contributed by atoms with Gasteiger partial charge in [0.15, 0.2) is 0 Å². The van der Waals surface area contributed by atoms with Gasteiger partial charge in [-0.1, -0.05) is 30.3 Å². The minimum atomic E-state index is 0.0842. The van der Waals surface area contributed by atoms with E-state index < -0.39 is 0 Å². The molecule has 1 N–H and O–H groups in total. The summed E-state index contributed by atoms with van der Waals surface area (Å²) in [6.07, 6.45) is 1.23. The topological polar surface area (TPSA) is 32.3 Å². The van der Waals surface area contributed by atoms with Gasteiger partial charge in [-0.05, 0) is 36.6 Å². The summed E-state index contributed by atoms with van der Waals surface area (Å²) in [6.45, 7) is 3.38. The van der Waals surface area contributed by atoms with Crippen molar-refractivity contribution in [3.8, 4) is 10.4 Å². The highest BCUT2D eigenvalue weighted by Crippen LogP contribution is 2.30. The Kier molecular flexibility index (Phi) is 3.28. The third-order valence-electron chi connectivity index (χ3n) is 4.54. The normalized spacial score (nSPS) is 27.0. The maximum atomic E-state index is 12.4. The Bertz CT molecular complexity index is 652. The number of carbonyl (C=O) groups excluding carboxylic acids is 1. The van der Waals surface area contributed by atoms with Crippen molar-refractivity contribution in [3.63, 3.8) is 0 Å². The van der Waals surface area contributed by atoms with Gasteiger partial charge in [0, 0.05) is 24.0 Å². The zero-order valence-electron chi connectivity index (χ0n) is 11.8. The molecule has 3 atom stereocenters. The summed E-state index contributed by atoms with van der Waals surface area (Å²) >= 11 is 1.57. The summed E-state index contributed by atoms with van der Waals surface area (Å²) in [5.74, 6) is 0.739. The van der Waals surface area contributed by atoms with Crippen molar-refractivity contribution >= 4 is 17.2 Å². The molecular formula is C17H18N2OS. The van der Waals surface area contributed by atoms with E-state index in [9.17, 15) is 4.79 Å². The lowest BCUT2D eigenvalue weighted by Gasteiger charge is -2.22. The summed E-state index contributed by atoms with van der Waals surface area (Å²) in [5, 5.41) is 3.22. The van der Waals surface area contributed by atoms with E-state index in [0.29, 0.717) is 12.0 Å². The summed E-state index contributed by atoms with van der Waals surface area (Å²) in [7, 11) is 0. The monoisotopic (exact) mass is 298 g/mol. The van der Waals surface area contributed by atoms with E-state index in [1.165, 1.54) is 18.5 Å². The average molecular weight is 298 g/mol. The minimum absolute atomic E-state index is 0.0842. The molecule has 108 valence electrons. The number of benzene rings is 1. The van der Waals surface area contributed by atoms with Crippen LogP contribution < -0.4 is 5.32 Å². The fraction of sp³-hybridized carbons (Fsp3) is 0.353. The molecule has 0 saturated carbocycles. The van der Waals surface area contributed by atoms with Crippen molar-refractivity contribution < 1.29 is 4.79 Å². The lowest BCUT2D eigenvalue weighted by molar-refractivity contribution is 0.0928. The van der Waals surface area contributed by atoms with Crippen LogP contribution >= 0.6 is 11.3 Å². The van der Waals surface area contributed by atoms with Crippen LogP contribution in [0.2, 0.25) is 0 Å². The molecule has 4 heteroatoms. The van der Waals surface area contributed by atoms with Gasteiger partial charge in [-0.25, -0.2) is 0 Å². The molecule has 2 saturated heterocycles. The van der Waals surface area contributed by atoms with Crippen molar-refractivity contribution in [1.82, 2.24) is 10.2 Å². The van der Waals surface area contributed by atoms with Gasteiger partial charge in [0.1, 0.15) is 0 Å². The van der Waals surface area contributed by atoms with Gasteiger partial charge >= 0.3 is 0 Å². The molecule has 0 radical (unpaired) electrons. The number of thiophene rings is 1. The summed E-state index contributed by atoms with van der Waals surface area (Å²) < 4.78 is 0. The van der Waals surface area contributed by atoms with Crippen molar-refractivity contribution in [1.29, 1.82) is 0 Å². The van der Waals surface area contributed by atoms with Gasteiger partial charge in [-0.3, -0.25) is 4.79 Å². The number of carbonyl (C=O) groups is 1. The largest absolute Gasteiger partial charge is 0.347 e. The number of fused-ring (bicyclic) bond motifs is 2. The van der Waals surface area contributed by atoms with Gasteiger partial charge in [0.05, 0.1) is 4.88 Å². The van der Waals surface area contributed by atoms with Crippen LogP contribution in [0.3, 0.4) is 0 Å². The molecule has 1 aromatic carbocycles. The predicted octanol–water partition coefficient (Wildman–Crippen LogP) is 2.85. The third kappa shape index (κ3) is 2.49. The van der Waals surface area contributed by atoms with Gasteiger partial charge in [0.25, 0.3) is 5.91 Å². The number of hydrogen-bond donors (Lipinski definition) is 1. The van der Waals surface area contributed by atoms with Crippen LogP contribution in [-0.2, 0) is 0 Å². The molecule has 21 heavy (non-hydrogen) atoms. The maximum absolute atomic E-state index is 12.4. The van der Waals surface area contributed by atoms with E-state index >= 15 is 0 Å². The van der Waals surface area contributed by atoms with Crippen molar-refractivity contribution in [3.05, 3.63) is 47.3 Å². The Morgan fingerprint density at radius 1 is 1.14 bits per heavy atom. The molecule has 4 rings (SSSR count). The van der Waals surface area contributed by atoms with Crippen LogP contribution in [0.1, 0.15) is 16.1 Å². The Balaban J connectivity index is 1.47. The summed E-state index contributed by atoms with van der Waals surface area (Å²) in [5.41, 5.74) is 1.17. The van der Waals surface area contributed by atoms with E-state index in [1.54, 1.807) is 11.3 Å². The van der Waals surface area contributed by atoms with Crippen molar-refractivity contribution in [2.75, 3.05) is 19.6 Å². The molecular weight excluding hydrogens is 280 g/mol. The standard InChI is InChI=1S/C17H18N2OS/c20-17(18-14-11-19-9-8-13(14)10-19)16-7-6-15(21-16)12-4-2-1-3-5-12/h1-7,13-14H,8-11H2,(H,18,20)/t13-,14?/m0/s1. The average Bonchev–Trinajstić information content (AvgIpc) is 3.24. The second kappa shape index (κ2) is 5.28. The van der Waals surface area contributed by atoms with E-state index in [0.717, 1.165) is 22.8 Å². The zero-order chi connectivity index (χ0) is 14.2. The molecule has 2 unspecified atom stereocenters. The number of amides is 1. The minimum Gasteiger partial charge on any atom is -0.347 e. The first-order valence-electron chi connectivity index (χ1n) is 7.48. The number of nitrogens with one attached hydrogen (secondary N) is 1. The van der Waals surface area contributed by atoms with Crippen LogP contribution in [-0.4, -0.2) is 36.5 Å². The lowest BCUT2D eigenvalue weighted by atomic mass is 10.00. The van der Waals surface area contributed by atoms with E-state index in [2.05, 4.69) is 22.3 Å². The van der Waals surface area contributed by atoms with Gasteiger partial charge in [0.2, 0.25) is 0 Å². The van der Waals surface area contributed by atoms with E-state index in [1.807, 2.05) is 30.3 Å². The van der Waals surface area contributed by atoms with Crippen molar-refractivity contribution in [2.45, 2.75) is 12.5 Å². The number of piperidine rings is 1. The lowest BCUT2D eigenvalue weighted by Crippen LogP contribution is -2.42. The fourth-order valence-electron chi connectivity index (χ4n) is 3.40. The molecule has 2 aliphatic heterocycles. The molecule has 2 aliphatic rings. The second-order valence-electron chi connectivity index (χ2n) is 5.92. The quantitative estimate of drug-likeness (QED) is 0.945. The molecule has 2 fully saturated rings. The molecule has 0 spiro atoms. The second-order valence-corrected chi connectivity index (χ2v) is 7.00. The van der Waals surface area contributed by atoms with Crippen molar-refractivity contribution in [2.24, 2.45) is 5.92 Å². The first kappa shape index (κ1) is 13.0. The van der Waals surface area contributed by atoms with Crippen LogP contribution in [0.5, 0.6) is 0 Å². The third-order valence-corrected chi connectivity index (χ3v) is 5.67. The Hall–Kier alpha value is -1.65. The first-order chi connectivity index (χ1) is 10.3. The van der Waals surface area contributed by atoms with E-state index in [-0.39, 0.29) is 5.91 Å². The van der Waals surface area contributed by atoms with Crippen LogP contribution in [0, 0.1) is 5.92 Å². The zero-order valence-corrected chi connectivity index (χ0v) is 12.6. The van der Waals surface area contributed by atoms with Gasteiger partial charge in [-0.15, -0.1) is 11.3 Å². The molecule has 1 amide bonds. The Morgan fingerprint density at radius 3 is 2.71 bits per heavy atom. The molecule has 2 aromatic rings. The predicted molar refractivity (Wildman–Crippen MR) is 85.6 cm³/mol. The first-order valence-corrected chi connectivity index (χ1v) is 8.30. The smallest absolute Gasteiger partial charge is 0.261 e. The van der Waals surface area contributed by atoms with Gasteiger partial charge < -0.3 is 10.2 Å². The number of hydrogen-bond acceptors (Lipinski definition) is 3. The van der Waals surface area contributed by atoms with E-state index in [4.69, 9.17) is 0 Å². The summed E-state index contributed by atoms with van der Waals surface area (Å²) in [4.78, 5) is 16.8. The molecule has 0 aliphatic carbocycles. The molecule has 2 bridgehead atoms. The highest BCUT2D eigenvalue weighted by Gasteiger charge is 2.38. The highest BCUT2D eigenvalue weighted by molar-refractivity contribution is 7.17. The maximum Gasteiger partial charge on any atom is 0.261 e. The highest BCUT2D eigenvalue weighted by atomic mass is 32.1. The molecule has 1 aromatic heterocycles. The van der Waals surface area contributed by atoms with Gasteiger partial charge in [-0.2, -0.15) is 0 Å².